The van der Waals surface area contributed by atoms with Gasteiger partial charge in [-0.1, -0.05) is 30.3 Å². The summed E-state index contributed by atoms with van der Waals surface area (Å²) in [4.78, 5) is 27.5. The van der Waals surface area contributed by atoms with Crippen LogP contribution in [0.2, 0.25) is 0 Å². The number of H-pyrrole nitrogens is 1. The molecule has 1 amide bonds. The molecule has 0 radical (unpaired) electrons. The zero-order valence-corrected chi connectivity index (χ0v) is 12.9. The number of fused-ring (bicyclic) bond motifs is 1. The Labute approximate surface area is 133 Å². The molecule has 0 bridgehead atoms. The number of rotatable bonds is 5. The number of hydrogen-bond acceptors (Lipinski definition) is 3. The van der Waals surface area contributed by atoms with Gasteiger partial charge in [0.1, 0.15) is 0 Å². The van der Waals surface area contributed by atoms with Crippen molar-refractivity contribution in [2.75, 3.05) is 11.4 Å². The van der Waals surface area contributed by atoms with E-state index in [4.69, 9.17) is 4.42 Å². The van der Waals surface area contributed by atoms with Crippen molar-refractivity contribution in [3.63, 3.8) is 0 Å². The number of carbonyl (C=O) groups excluding carboxylic acids is 1. The molecule has 5 nitrogen and oxygen atoms in total. The molecule has 0 spiro atoms. The van der Waals surface area contributed by atoms with Crippen molar-refractivity contribution in [1.29, 1.82) is 0 Å². The van der Waals surface area contributed by atoms with Crippen molar-refractivity contribution in [2.45, 2.75) is 19.8 Å². The summed E-state index contributed by atoms with van der Waals surface area (Å²) in [6.07, 6.45) is 1.77. The molecule has 3 aromatic rings. The van der Waals surface area contributed by atoms with Crippen molar-refractivity contribution in [3.05, 3.63) is 64.6 Å². The second-order valence-electron chi connectivity index (χ2n) is 5.45. The maximum absolute atomic E-state index is 12.0. The van der Waals surface area contributed by atoms with Gasteiger partial charge in [0.25, 0.3) is 0 Å². The molecule has 0 unspecified atom stereocenters. The Morgan fingerprint density at radius 3 is 2.70 bits per heavy atom. The van der Waals surface area contributed by atoms with Gasteiger partial charge in [-0.05, 0) is 30.5 Å². The molecule has 0 saturated carbocycles. The molecule has 118 valence electrons. The normalized spacial score (nSPS) is 10.8. The number of anilines is 1. The van der Waals surface area contributed by atoms with Crippen LogP contribution in [0.5, 0.6) is 0 Å². The Morgan fingerprint density at radius 2 is 1.96 bits per heavy atom. The minimum Gasteiger partial charge on any atom is -0.408 e. The van der Waals surface area contributed by atoms with Crippen molar-refractivity contribution >= 4 is 22.7 Å². The Balaban J connectivity index is 1.74. The maximum Gasteiger partial charge on any atom is 0.417 e. The first-order valence-electron chi connectivity index (χ1n) is 7.58. The second-order valence-corrected chi connectivity index (χ2v) is 5.45. The first kappa shape index (κ1) is 15.1. The van der Waals surface area contributed by atoms with E-state index < -0.39 is 5.76 Å². The lowest BCUT2D eigenvalue weighted by Crippen LogP contribution is -2.29. The highest BCUT2D eigenvalue weighted by Gasteiger charge is 2.13. The van der Waals surface area contributed by atoms with Gasteiger partial charge in [0.15, 0.2) is 5.58 Å². The van der Waals surface area contributed by atoms with Gasteiger partial charge >= 0.3 is 5.76 Å². The zero-order valence-electron chi connectivity index (χ0n) is 12.9. The highest BCUT2D eigenvalue weighted by atomic mass is 16.4. The first-order valence-corrected chi connectivity index (χ1v) is 7.58. The van der Waals surface area contributed by atoms with Gasteiger partial charge in [0.05, 0.1) is 5.52 Å². The van der Waals surface area contributed by atoms with Gasteiger partial charge in [-0.2, -0.15) is 0 Å². The van der Waals surface area contributed by atoms with Crippen LogP contribution in [0.1, 0.15) is 18.9 Å². The van der Waals surface area contributed by atoms with Crippen molar-refractivity contribution in [3.8, 4) is 0 Å². The Kier molecular flexibility index (Phi) is 4.28. The SMILES string of the molecule is CC(=O)N(CCCc1ccccc1)c1ccc2[nH]c(=O)oc2c1. The number of aromatic amines is 1. The molecule has 0 atom stereocenters. The fourth-order valence-electron chi connectivity index (χ4n) is 2.66. The van der Waals surface area contributed by atoms with E-state index in [1.807, 2.05) is 24.3 Å². The summed E-state index contributed by atoms with van der Waals surface area (Å²) in [6.45, 7) is 2.16. The number of carbonyl (C=O) groups is 1. The fraction of sp³-hybridized carbons (Fsp3) is 0.222. The highest BCUT2D eigenvalue weighted by molar-refractivity contribution is 5.93. The van der Waals surface area contributed by atoms with Crippen LogP contribution < -0.4 is 10.7 Å². The summed E-state index contributed by atoms with van der Waals surface area (Å²) in [6, 6.07) is 15.5. The minimum absolute atomic E-state index is 0.0321. The van der Waals surface area contributed by atoms with Gasteiger partial charge in [-0.25, -0.2) is 4.79 Å². The van der Waals surface area contributed by atoms with Crippen LogP contribution in [0.4, 0.5) is 5.69 Å². The van der Waals surface area contributed by atoms with Crippen molar-refractivity contribution in [1.82, 2.24) is 4.98 Å². The maximum atomic E-state index is 12.0. The van der Waals surface area contributed by atoms with Crippen LogP contribution in [0.25, 0.3) is 11.1 Å². The molecule has 1 aromatic heterocycles. The summed E-state index contributed by atoms with van der Waals surface area (Å²) < 4.78 is 5.06. The van der Waals surface area contributed by atoms with E-state index in [0.717, 1.165) is 18.5 Å². The molecule has 2 aromatic carbocycles. The second kappa shape index (κ2) is 6.52. The number of aryl methyl sites for hydroxylation is 1. The molecule has 0 fully saturated rings. The quantitative estimate of drug-likeness (QED) is 0.787. The third-order valence-electron chi connectivity index (χ3n) is 3.79. The van der Waals surface area contributed by atoms with Crippen LogP contribution >= 0.6 is 0 Å². The van der Waals surface area contributed by atoms with Crippen molar-refractivity contribution in [2.24, 2.45) is 0 Å². The average Bonchev–Trinajstić information content (AvgIpc) is 2.91. The molecule has 0 saturated heterocycles. The van der Waals surface area contributed by atoms with Crippen LogP contribution in [-0.4, -0.2) is 17.4 Å². The minimum atomic E-state index is -0.490. The Hall–Kier alpha value is -2.82. The van der Waals surface area contributed by atoms with Crippen LogP contribution in [-0.2, 0) is 11.2 Å². The lowest BCUT2D eigenvalue weighted by Gasteiger charge is -2.21. The number of nitrogens with zero attached hydrogens (tertiary/aromatic N) is 1. The summed E-state index contributed by atoms with van der Waals surface area (Å²) in [5.74, 6) is -0.522. The molecule has 3 rings (SSSR count). The van der Waals surface area contributed by atoms with E-state index >= 15 is 0 Å². The predicted octanol–water partition coefficient (Wildman–Crippen LogP) is 3.11. The van der Waals surface area contributed by atoms with Crippen molar-refractivity contribution < 1.29 is 9.21 Å². The van der Waals surface area contributed by atoms with E-state index in [1.54, 1.807) is 24.0 Å². The number of nitrogens with one attached hydrogen (secondary N) is 1. The number of aromatic nitrogens is 1. The molecule has 0 aliphatic heterocycles. The number of benzene rings is 2. The van der Waals surface area contributed by atoms with Crippen LogP contribution in [0.15, 0.2) is 57.7 Å². The van der Waals surface area contributed by atoms with Gasteiger partial charge in [-0.3, -0.25) is 9.78 Å². The van der Waals surface area contributed by atoms with Crippen LogP contribution in [0.3, 0.4) is 0 Å². The molecular weight excluding hydrogens is 292 g/mol. The lowest BCUT2D eigenvalue weighted by atomic mass is 10.1. The van der Waals surface area contributed by atoms with E-state index in [-0.39, 0.29) is 5.91 Å². The standard InChI is InChI=1S/C18H18N2O3/c1-13(21)20(11-5-8-14-6-3-2-4-7-14)15-9-10-16-17(12-15)23-18(22)19-16/h2-4,6-7,9-10,12H,5,8,11H2,1H3,(H,19,22). The Morgan fingerprint density at radius 1 is 1.17 bits per heavy atom. The van der Waals surface area contributed by atoms with Gasteiger partial charge in [0.2, 0.25) is 5.91 Å². The first-order chi connectivity index (χ1) is 11.1. The highest BCUT2D eigenvalue weighted by Crippen LogP contribution is 2.21. The largest absolute Gasteiger partial charge is 0.417 e. The third-order valence-corrected chi connectivity index (χ3v) is 3.79. The van der Waals surface area contributed by atoms with Gasteiger partial charge < -0.3 is 9.32 Å². The zero-order chi connectivity index (χ0) is 16.2. The topological polar surface area (TPSA) is 66.3 Å². The smallest absolute Gasteiger partial charge is 0.408 e. The van der Waals surface area contributed by atoms with Gasteiger partial charge in [-0.15, -0.1) is 0 Å². The van der Waals surface area contributed by atoms with Gasteiger partial charge in [0, 0.05) is 25.2 Å². The summed E-state index contributed by atoms with van der Waals surface area (Å²) >= 11 is 0. The molecule has 0 aliphatic carbocycles. The van der Waals surface area contributed by atoms with Crippen LogP contribution in [0, 0.1) is 0 Å². The summed E-state index contributed by atoms with van der Waals surface area (Å²) in [5, 5.41) is 0. The number of hydrogen-bond donors (Lipinski definition) is 1. The molecule has 5 heteroatoms. The monoisotopic (exact) mass is 310 g/mol. The predicted molar refractivity (Wildman–Crippen MR) is 89.6 cm³/mol. The van der Waals surface area contributed by atoms with E-state index in [0.29, 0.717) is 17.6 Å². The molecule has 23 heavy (non-hydrogen) atoms. The average molecular weight is 310 g/mol. The Bertz CT molecular complexity index is 865. The fourth-order valence-corrected chi connectivity index (χ4v) is 2.66. The van der Waals surface area contributed by atoms with E-state index in [9.17, 15) is 9.59 Å². The number of oxazole rings is 1. The molecular formula is C18H18N2O3. The molecule has 1 heterocycles. The molecule has 1 N–H and O–H groups in total. The summed E-state index contributed by atoms with van der Waals surface area (Å²) in [7, 11) is 0. The lowest BCUT2D eigenvalue weighted by molar-refractivity contribution is -0.116. The third kappa shape index (κ3) is 3.51. The summed E-state index contributed by atoms with van der Waals surface area (Å²) in [5.41, 5.74) is 3.08. The molecule has 0 aliphatic rings. The van der Waals surface area contributed by atoms with E-state index in [2.05, 4.69) is 17.1 Å². The van der Waals surface area contributed by atoms with E-state index in [1.165, 1.54) is 5.56 Å². The number of amides is 1.